The Morgan fingerprint density at radius 1 is 1.07 bits per heavy atom. The second-order valence-electron chi connectivity index (χ2n) is 6.58. The molecule has 146 valence electrons. The number of methoxy groups -OCH3 is 1. The number of nitrogens with zero attached hydrogens (tertiary/aromatic N) is 1. The number of ether oxygens (including phenoxy) is 1. The van der Waals surface area contributed by atoms with E-state index in [1.165, 1.54) is 0 Å². The van der Waals surface area contributed by atoms with Gasteiger partial charge in [-0.1, -0.05) is 29.3 Å². The molecule has 1 N–H and O–H groups in total. The van der Waals surface area contributed by atoms with Crippen molar-refractivity contribution in [3.8, 4) is 5.75 Å². The lowest BCUT2D eigenvalue weighted by atomic mass is 10.1. The van der Waals surface area contributed by atoms with Gasteiger partial charge in [-0.3, -0.25) is 0 Å². The Morgan fingerprint density at radius 3 is 2.33 bits per heavy atom. The quantitative estimate of drug-likeness (QED) is 0.752. The third kappa shape index (κ3) is 5.51. The molecule has 27 heavy (non-hydrogen) atoms. The third-order valence-electron chi connectivity index (χ3n) is 4.62. The minimum atomic E-state index is -3.44. The number of benzene rings is 2. The molecular formula is C19H22Cl2N2O3S. The summed E-state index contributed by atoms with van der Waals surface area (Å²) < 4.78 is 32.9. The average molecular weight is 429 g/mol. The van der Waals surface area contributed by atoms with E-state index in [0.717, 1.165) is 37.4 Å². The third-order valence-corrected chi connectivity index (χ3v) is 6.76. The molecule has 1 fully saturated rings. The summed E-state index contributed by atoms with van der Waals surface area (Å²) in [7, 11) is -1.80. The van der Waals surface area contributed by atoms with Gasteiger partial charge in [0.15, 0.2) is 0 Å². The van der Waals surface area contributed by atoms with Crippen LogP contribution in [0.15, 0.2) is 42.5 Å². The van der Waals surface area contributed by atoms with Crippen molar-refractivity contribution in [1.29, 1.82) is 0 Å². The molecule has 2 aromatic carbocycles. The van der Waals surface area contributed by atoms with E-state index in [0.29, 0.717) is 15.6 Å². The summed E-state index contributed by atoms with van der Waals surface area (Å²) in [6, 6.07) is 12.7. The highest BCUT2D eigenvalue weighted by atomic mass is 35.5. The Bertz CT molecular complexity index is 880. The molecule has 0 atom stereocenters. The lowest BCUT2D eigenvalue weighted by Crippen LogP contribution is -2.45. The average Bonchev–Trinajstić information content (AvgIpc) is 2.65. The number of hydrogen-bond donors (Lipinski definition) is 1. The number of sulfonamides is 1. The van der Waals surface area contributed by atoms with Crippen LogP contribution in [-0.4, -0.2) is 34.7 Å². The molecule has 0 unspecified atom stereocenters. The predicted octanol–water partition coefficient (Wildman–Crippen LogP) is 4.09. The van der Waals surface area contributed by atoms with Crippen LogP contribution in [0.4, 0.5) is 5.69 Å². The van der Waals surface area contributed by atoms with Gasteiger partial charge in [0.2, 0.25) is 10.0 Å². The Kier molecular flexibility index (Phi) is 6.52. The highest BCUT2D eigenvalue weighted by Crippen LogP contribution is 2.25. The maximum atomic E-state index is 12.5. The zero-order valence-corrected chi connectivity index (χ0v) is 17.3. The summed E-state index contributed by atoms with van der Waals surface area (Å²) in [5.74, 6) is 0.714. The van der Waals surface area contributed by atoms with Crippen LogP contribution in [0, 0.1) is 0 Å². The van der Waals surface area contributed by atoms with Crippen molar-refractivity contribution in [3.63, 3.8) is 0 Å². The second-order valence-corrected chi connectivity index (χ2v) is 9.15. The molecule has 0 spiro atoms. The first-order chi connectivity index (χ1) is 12.9. The predicted molar refractivity (Wildman–Crippen MR) is 110 cm³/mol. The van der Waals surface area contributed by atoms with E-state index in [1.54, 1.807) is 25.3 Å². The monoisotopic (exact) mass is 428 g/mol. The molecule has 0 aromatic heterocycles. The van der Waals surface area contributed by atoms with Gasteiger partial charge >= 0.3 is 0 Å². The SMILES string of the molecule is COc1ccc(N2CCC(NS(=O)(=O)Cc3ccc(Cl)c(Cl)c3)CC2)cc1. The first kappa shape index (κ1) is 20.3. The molecule has 5 nitrogen and oxygen atoms in total. The second kappa shape index (κ2) is 8.69. The first-order valence-electron chi connectivity index (χ1n) is 8.69. The van der Waals surface area contributed by atoms with Crippen molar-refractivity contribution in [1.82, 2.24) is 4.72 Å². The lowest BCUT2D eigenvalue weighted by molar-refractivity contribution is 0.414. The molecule has 3 rings (SSSR count). The largest absolute Gasteiger partial charge is 0.497 e. The van der Waals surface area contributed by atoms with Crippen molar-refractivity contribution in [2.75, 3.05) is 25.1 Å². The van der Waals surface area contributed by atoms with E-state index in [2.05, 4.69) is 9.62 Å². The summed E-state index contributed by atoms with van der Waals surface area (Å²) in [6.07, 6.45) is 1.51. The molecular weight excluding hydrogens is 407 g/mol. The number of rotatable bonds is 6. The van der Waals surface area contributed by atoms with Gasteiger partial charge in [-0.05, 0) is 54.8 Å². The fourth-order valence-corrected chi connectivity index (χ4v) is 4.96. The zero-order valence-electron chi connectivity index (χ0n) is 15.0. The van der Waals surface area contributed by atoms with Crippen LogP contribution in [0.1, 0.15) is 18.4 Å². The van der Waals surface area contributed by atoms with Crippen LogP contribution in [0.2, 0.25) is 10.0 Å². The Balaban J connectivity index is 1.55. The van der Waals surface area contributed by atoms with Crippen LogP contribution < -0.4 is 14.4 Å². The van der Waals surface area contributed by atoms with Crippen molar-refractivity contribution < 1.29 is 13.2 Å². The van der Waals surface area contributed by atoms with Gasteiger partial charge in [-0.2, -0.15) is 0 Å². The van der Waals surface area contributed by atoms with Gasteiger partial charge in [-0.15, -0.1) is 0 Å². The standard InChI is InChI=1S/C19H22Cl2N2O3S/c1-26-17-5-3-16(4-6-17)23-10-8-15(9-11-23)22-27(24,25)13-14-2-7-18(20)19(21)12-14/h2-7,12,15,22H,8-11,13H2,1H3. The van der Waals surface area contributed by atoms with E-state index in [-0.39, 0.29) is 11.8 Å². The van der Waals surface area contributed by atoms with Crippen molar-refractivity contribution in [3.05, 3.63) is 58.1 Å². The summed E-state index contributed by atoms with van der Waals surface area (Å²) in [4.78, 5) is 2.25. The minimum Gasteiger partial charge on any atom is -0.497 e. The Morgan fingerprint density at radius 2 is 1.74 bits per heavy atom. The van der Waals surface area contributed by atoms with Gasteiger partial charge in [-0.25, -0.2) is 13.1 Å². The van der Waals surface area contributed by atoms with Crippen molar-refractivity contribution >= 4 is 38.9 Å². The summed E-state index contributed by atoms with van der Waals surface area (Å²) in [6.45, 7) is 1.60. The Hall–Kier alpha value is -1.47. The number of anilines is 1. The summed E-state index contributed by atoms with van der Waals surface area (Å²) in [5, 5.41) is 0.772. The van der Waals surface area contributed by atoms with E-state index in [1.807, 2.05) is 24.3 Å². The van der Waals surface area contributed by atoms with Gasteiger partial charge in [0, 0.05) is 24.8 Å². The first-order valence-corrected chi connectivity index (χ1v) is 11.1. The summed E-state index contributed by atoms with van der Waals surface area (Å²) >= 11 is 11.8. The minimum absolute atomic E-state index is 0.0627. The molecule has 1 aliphatic rings. The Labute approximate surface area is 170 Å². The number of halogens is 2. The van der Waals surface area contributed by atoms with Gasteiger partial charge < -0.3 is 9.64 Å². The smallest absolute Gasteiger partial charge is 0.216 e. The molecule has 1 aliphatic heterocycles. The van der Waals surface area contributed by atoms with Gasteiger partial charge in [0.25, 0.3) is 0 Å². The highest BCUT2D eigenvalue weighted by Gasteiger charge is 2.24. The molecule has 1 heterocycles. The number of hydrogen-bond acceptors (Lipinski definition) is 4. The molecule has 0 aliphatic carbocycles. The topological polar surface area (TPSA) is 58.6 Å². The molecule has 8 heteroatoms. The van der Waals surface area contributed by atoms with Crippen LogP contribution in [0.25, 0.3) is 0 Å². The van der Waals surface area contributed by atoms with Crippen molar-refractivity contribution in [2.24, 2.45) is 0 Å². The van der Waals surface area contributed by atoms with Crippen LogP contribution in [-0.2, 0) is 15.8 Å². The fourth-order valence-electron chi connectivity index (χ4n) is 3.19. The van der Waals surface area contributed by atoms with Gasteiger partial charge in [0.1, 0.15) is 5.75 Å². The van der Waals surface area contributed by atoms with Crippen LogP contribution in [0.3, 0.4) is 0 Å². The number of piperidine rings is 1. The number of nitrogens with one attached hydrogen (secondary N) is 1. The maximum Gasteiger partial charge on any atom is 0.216 e. The zero-order chi connectivity index (χ0) is 19.4. The lowest BCUT2D eigenvalue weighted by Gasteiger charge is -2.33. The summed E-state index contributed by atoms with van der Waals surface area (Å²) in [5.41, 5.74) is 1.74. The molecule has 2 aromatic rings. The van der Waals surface area contributed by atoms with Crippen LogP contribution in [0.5, 0.6) is 5.75 Å². The molecule has 0 bridgehead atoms. The highest BCUT2D eigenvalue weighted by molar-refractivity contribution is 7.88. The van der Waals surface area contributed by atoms with E-state index in [9.17, 15) is 8.42 Å². The van der Waals surface area contributed by atoms with E-state index >= 15 is 0 Å². The van der Waals surface area contributed by atoms with E-state index < -0.39 is 10.0 Å². The van der Waals surface area contributed by atoms with Crippen LogP contribution >= 0.6 is 23.2 Å². The molecule has 1 saturated heterocycles. The van der Waals surface area contributed by atoms with Gasteiger partial charge in [0.05, 0.1) is 22.9 Å². The fraction of sp³-hybridized carbons (Fsp3) is 0.368. The molecule has 0 radical (unpaired) electrons. The normalized spacial score (nSPS) is 15.7. The van der Waals surface area contributed by atoms with E-state index in [4.69, 9.17) is 27.9 Å². The maximum absolute atomic E-state index is 12.5. The molecule has 0 amide bonds. The van der Waals surface area contributed by atoms with Crippen molar-refractivity contribution in [2.45, 2.75) is 24.6 Å². The molecule has 0 saturated carbocycles.